The molecule has 3 aromatic rings. The number of rotatable bonds is 8. The smallest absolute Gasteiger partial charge is 0.305 e. The molecule has 2 aromatic carbocycles. The van der Waals surface area contributed by atoms with Crippen molar-refractivity contribution in [1.29, 1.82) is 0 Å². The van der Waals surface area contributed by atoms with Gasteiger partial charge in [-0.2, -0.15) is 0 Å². The van der Waals surface area contributed by atoms with Crippen LogP contribution in [0.4, 0.5) is 4.39 Å². The lowest BCUT2D eigenvalue weighted by Crippen LogP contribution is -2.19. The third kappa shape index (κ3) is 5.25. The summed E-state index contributed by atoms with van der Waals surface area (Å²) in [4.78, 5) is 16.1. The number of nitrogens with zero attached hydrogens (tertiary/aromatic N) is 1. The van der Waals surface area contributed by atoms with Crippen molar-refractivity contribution in [2.75, 3.05) is 0 Å². The zero-order valence-corrected chi connectivity index (χ0v) is 20.0. The number of halogens is 1. The zero-order valence-electron chi connectivity index (χ0n) is 20.0. The first-order valence-electron chi connectivity index (χ1n) is 12.6. The Morgan fingerprint density at radius 2 is 1.83 bits per heavy atom. The van der Waals surface area contributed by atoms with Crippen molar-refractivity contribution >= 4 is 12.0 Å². The molecule has 0 spiro atoms. The third-order valence-corrected chi connectivity index (χ3v) is 7.02. The van der Waals surface area contributed by atoms with Crippen molar-refractivity contribution in [3.05, 3.63) is 82.8 Å². The Kier molecular flexibility index (Phi) is 6.99. The number of aryl methyl sites for hydroxylation is 1. The second-order valence-electron chi connectivity index (χ2n) is 9.82. The Morgan fingerprint density at radius 3 is 2.56 bits per heavy atom. The molecule has 2 aliphatic rings. The lowest BCUT2D eigenvalue weighted by Gasteiger charge is -2.20. The van der Waals surface area contributed by atoms with Crippen LogP contribution in [0.15, 0.2) is 54.6 Å². The van der Waals surface area contributed by atoms with Gasteiger partial charge in [-0.15, -0.1) is 0 Å². The van der Waals surface area contributed by atoms with Crippen molar-refractivity contribution in [2.24, 2.45) is 0 Å². The van der Waals surface area contributed by atoms with Crippen LogP contribution < -0.4 is 0 Å². The normalized spacial score (nSPS) is 16.8. The molecular formula is C30H30FNO4. The van der Waals surface area contributed by atoms with Gasteiger partial charge in [0.2, 0.25) is 0 Å². The highest BCUT2D eigenvalue weighted by molar-refractivity contribution is 5.86. The maximum atomic E-state index is 13.9. The van der Waals surface area contributed by atoms with Crippen molar-refractivity contribution in [2.45, 2.75) is 63.1 Å². The van der Waals surface area contributed by atoms with E-state index in [9.17, 15) is 19.4 Å². The summed E-state index contributed by atoms with van der Waals surface area (Å²) in [6.45, 7) is 0. The Labute approximate surface area is 210 Å². The molecular weight excluding hydrogens is 457 g/mol. The average Bonchev–Trinajstić information content (AvgIpc) is 3.69. The lowest BCUT2D eigenvalue weighted by atomic mass is 9.87. The number of aliphatic carboxylic acids is 1. The first-order valence-corrected chi connectivity index (χ1v) is 12.6. The van der Waals surface area contributed by atoms with E-state index in [-0.39, 0.29) is 12.2 Å². The molecule has 2 aliphatic carbocycles. The molecule has 3 N–H and O–H groups in total. The number of carbonyl (C=O) groups is 1. The Balaban J connectivity index is 1.66. The maximum absolute atomic E-state index is 13.9. The fourth-order valence-electron chi connectivity index (χ4n) is 5.18. The third-order valence-electron chi connectivity index (χ3n) is 7.02. The van der Waals surface area contributed by atoms with Gasteiger partial charge in [0.1, 0.15) is 5.82 Å². The van der Waals surface area contributed by atoms with Gasteiger partial charge in [-0.1, -0.05) is 48.6 Å². The predicted octanol–water partition coefficient (Wildman–Crippen LogP) is 5.52. The number of fused-ring (bicyclic) bond motifs is 3. The number of hydrogen-bond donors (Lipinski definition) is 3. The standard InChI is InChI=1S/C30H30FNO4/c31-21-12-10-19(11-13-21)28-25-7-3-5-18-4-1-2-6-24(18)30(25)32-29(20-8-9-20)26(28)15-14-22(33)16-23(34)17-27(35)36/h1-2,4,6,10-15,20,22-23,33-34H,3,5,7-9,16-17H2,(H,35,36)/b15-14+/t22-,23-/m1/s1. The van der Waals surface area contributed by atoms with Gasteiger partial charge < -0.3 is 15.3 Å². The highest BCUT2D eigenvalue weighted by Crippen LogP contribution is 2.47. The van der Waals surface area contributed by atoms with Gasteiger partial charge in [0.05, 0.1) is 30.0 Å². The van der Waals surface area contributed by atoms with Crippen LogP contribution in [0, 0.1) is 5.82 Å². The summed E-state index contributed by atoms with van der Waals surface area (Å²) in [7, 11) is 0. The van der Waals surface area contributed by atoms with Crippen LogP contribution in [-0.2, 0) is 17.6 Å². The van der Waals surface area contributed by atoms with Crippen molar-refractivity contribution in [1.82, 2.24) is 4.98 Å². The molecule has 0 aliphatic heterocycles. The fourth-order valence-corrected chi connectivity index (χ4v) is 5.18. The first kappa shape index (κ1) is 24.3. The predicted molar refractivity (Wildman–Crippen MR) is 137 cm³/mol. The van der Waals surface area contributed by atoms with Crippen LogP contribution in [0.5, 0.6) is 0 Å². The molecule has 0 amide bonds. The second kappa shape index (κ2) is 10.3. The molecule has 1 saturated carbocycles. The summed E-state index contributed by atoms with van der Waals surface area (Å²) in [5.74, 6) is -1.09. The van der Waals surface area contributed by atoms with Gasteiger partial charge in [0.25, 0.3) is 0 Å². The van der Waals surface area contributed by atoms with E-state index in [1.54, 1.807) is 18.2 Å². The minimum absolute atomic E-state index is 0.0702. The number of pyridine rings is 1. The molecule has 0 unspecified atom stereocenters. The molecule has 0 saturated heterocycles. The van der Waals surface area contributed by atoms with Crippen molar-refractivity contribution in [3.8, 4) is 22.4 Å². The van der Waals surface area contributed by atoms with E-state index in [0.29, 0.717) is 5.92 Å². The van der Waals surface area contributed by atoms with Crippen LogP contribution in [0.1, 0.15) is 60.4 Å². The van der Waals surface area contributed by atoms with Crippen molar-refractivity contribution in [3.63, 3.8) is 0 Å². The summed E-state index contributed by atoms with van der Waals surface area (Å²) < 4.78 is 13.9. The molecule has 0 radical (unpaired) electrons. The van der Waals surface area contributed by atoms with Crippen LogP contribution in [-0.4, -0.2) is 38.5 Å². The van der Waals surface area contributed by atoms with Gasteiger partial charge >= 0.3 is 5.97 Å². The number of hydrogen-bond acceptors (Lipinski definition) is 4. The summed E-state index contributed by atoms with van der Waals surface area (Å²) in [6, 6.07) is 14.9. The van der Waals surface area contributed by atoms with E-state index in [0.717, 1.165) is 71.3 Å². The first-order chi connectivity index (χ1) is 17.4. The minimum Gasteiger partial charge on any atom is -0.481 e. The SMILES string of the molecule is O=C(O)C[C@H](O)C[C@H](O)/C=C/c1c(C2CC2)nc2c(c1-c1ccc(F)cc1)CCCc1ccccc1-2. The average molecular weight is 488 g/mol. The number of aliphatic hydroxyl groups is 2. The largest absolute Gasteiger partial charge is 0.481 e. The topological polar surface area (TPSA) is 90.7 Å². The number of aromatic nitrogens is 1. The van der Waals surface area contributed by atoms with Crippen LogP contribution in [0.25, 0.3) is 28.5 Å². The van der Waals surface area contributed by atoms with Crippen LogP contribution in [0.2, 0.25) is 0 Å². The van der Waals surface area contributed by atoms with E-state index in [2.05, 4.69) is 18.2 Å². The fraction of sp³-hybridized carbons (Fsp3) is 0.333. The maximum Gasteiger partial charge on any atom is 0.305 e. The summed E-state index contributed by atoms with van der Waals surface area (Å²) in [6.07, 6.45) is 5.67. The molecule has 36 heavy (non-hydrogen) atoms. The Bertz CT molecular complexity index is 1300. The number of carboxylic acid groups (broad SMARTS) is 1. The molecule has 2 atom stereocenters. The minimum atomic E-state index is -1.14. The number of benzene rings is 2. The molecule has 186 valence electrons. The van der Waals surface area contributed by atoms with E-state index in [4.69, 9.17) is 10.1 Å². The molecule has 0 bridgehead atoms. The summed E-state index contributed by atoms with van der Waals surface area (Å²) in [5.41, 5.74) is 8.32. The zero-order chi connectivity index (χ0) is 25.2. The summed E-state index contributed by atoms with van der Waals surface area (Å²) >= 11 is 0. The van der Waals surface area contributed by atoms with E-state index < -0.39 is 24.6 Å². The Morgan fingerprint density at radius 1 is 1.08 bits per heavy atom. The highest BCUT2D eigenvalue weighted by Gasteiger charge is 2.32. The highest BCUT2D eigenvalue weighted by atomic mass is 19.1. The van der Waals surface area contributed by atoms with Crippen LogP contribution in [0.3, 0.4) is 0 Å². The molecule has 1 aromatic heterocycles. The molecule has 5 rings (SSSR count). The van der Waals surface area contributed by atoms with Gasteiger partial charge in [0.15, 0.2) is 0 Å². The molecule has 6 heteroatoms. The van der Waals surface area contributed by atoms with Gasteiger partial charge in [-0.05, 0) is 66.5 Å². The van der Waals surface area contributed by atoms with Gasteiger partial charge in [-0.3, -0.25) is 9.78 Å². The Hall–Kier alpha value is -3.35. The second-order valence-corrected chi connectivity index (χ2v) is 9.82. The lowest BCUT2D eigenvalue weighted by molar-refractivity contribution is -0.139. The molecule has 1 fully saturated rings. The van der Waals surface area contributed by atoms with E-state index in [1.165, 1.54) is 17.7 Å². The molecule has 1 heterocycles. The number of carboxylic acids is 1. The van der Waals surface area contributed by atoms with Gasteiger partial charge in [-0.25, -0.2) is 4.39 Å². The van der Waals surface area contributed by atoms with E-state index >= 15 is 0 Å². The van der Waals surface area contributed by atoms with Gasteiger partial charge in [0, 0.05) is 23.5 Å². The number of aliphatic hydroxyl groups excluding tert-OH is 2. The van der Waals surface area contributed by atoms with Crippen molar-refractivity contribution < 1.29 is 24.5 Å². The monoisotopic (exact) mass is 487 g/mol. The van der Waals surface area contributed by atoms with E-state index in [1.807, 2.05) is 12.1 Å². The summed E-state index contributed by atoms with van der Waals surface area (Å²) in [5, 5.41) is 29.4. The quantitative estimate of drug-likeness (QED) is 0.389. The molecule has 5 nitrogen and oxygen atoms in total. The van der Waals surface area contributed by atoms with Crippen LogP contribution >= 0.6 is 0 Å².